The number of aryl methyl sites for hydroxylation is 1. The van der Waals surface area contributed by atoms with Gasteiger partial charge in [0.1, 0.15) is 11.3 Å². The minimum atomic E-state index is -2.52. The third kappa shape index (κ3) is 3.90. The normalized spacial score (nSPS) is 22.9. The van der Waals surface area contributed by atoms with Crippen molar-refractivity contribution in [3.63, 3.8) is 0 Å². The van der Waals surface area contributed by atoms with Crippen LogP contribution in [0.2, 0.25) is 0 Å². The summed E-state index contributed by atoms with van der Waals surface area (Å²) in [6.45, 7) is 3.04. The van der Waals surface area contributed by atoms with E-state index in [1.165, 1.54) is 4.57 Å². The smallest absolute Gasteiger partial charge is 0.256 e. The van der Waals surface area contributed by atoms with Crippen molar-refractivity contribution >= 4 is 16.7 Å². The topological polar surface area (TPSA) is 96.4 Å². The van der Waals surface area contributed by atoms with Crippen molar-refractivity contribution in [2.45, 2.75) is 64.1 Å². The number of imidazole rings is 1. The van der Waals surface area contributed by atoms with E-state index in [0.29, 0.717) is 52.2 Å². The van der Waals surface area contributed by atoms with E-state index < -0.39 is 18.6 Å². The zero-order chi connectivity index (χ0) is 23.3. The fourth-order valence-electron chi connectivity index (χ4n) is 4.29. The number of H-pyrrole nitrogens is 1. The summed E-state index contributed by atoms with van der Waals surface area (Å²) >= 11 is 0. The first-order chi connectivity index (χ1) is 15.7. The van der Waals surface area contributed by atoms with Crippen LogP contribution in [0.25, 0.3) is 27.9 Å². The molecule has 1 saturated carbocycles. The van der Waals surface area contributed by atoms with Crippen LogP contribution in [0.4, 0.5) is 8.78 Å². The number of aromatic amines is 1. The number of nitrogens with zero attached hydrogens (tertiary/aromatic N) is 6. The van der Waals surface area contributed by atoms with Gasteiger partial charge in [0.25, 0.3) is 6.43 Å². The molecule has 0 aromatic carbocycles. The summed E-state index contributed by atoms with van der Waals surface area (Å²) in [5, 5.41) is 13.3. The lowest BCUT2D eigenvalue weighted by Gasteiger charge is -2.30. The third-order valence-electron chi connectivity index (χ3n) is 6.09. The Balaban J connectivity index is 1.54. The number of nitrogens with one attached hydrogen (secondary N) is 1. The fourth-order valence-corrected chi connectivity index (χ4v) is 4.29. The number of hydrogen-bond acceptors (Lipinski definition) is 5. The number of hydrogen-bond donors (Lipinski definition) is 2. The van der Waals surface area contributed by atoms with Crippen molar-refractivity contribution in [2.75, 3.05) is 0 Å². The van der Waals surface area contributed by atoms with Crippen molar-refractivity contribution in [1.82, 2.24) is 29.1 Å². The first-order valence-corrected chi connectivity index (χ1v) is 10.7. The van der Waals surface area contributed by atoms with Gasteiger partial charge in [0.05, 0.1) is 36.9 Å². The summed E-state index contributed by atoms with van der Waals surface area (Å²) < 4.78 is 37.7. The van der Waals surface area contributed by atoms with E-state index in [9.17, 15) is 13.9 Å². The minimum absolute atomic E-state index is 0.0365. The standard InChI is InChI=1S/C22H25F2N7O/c1-13-26-17-4-3-16(28-20(17)30(13)12-19(23)24)15-7-10-31-18(15)11-25-21(29-31)27-14-5-8-22(2,32)9-6-14/h3-4,7,10-11,14,19,32H,5-6,8-9,12H2,1-2H3,(H,27,29)/i11D. The molecular formula is C22H25F2N7O. The summed E-state index contributed by atoms with van der Waals surface area (Å²) in [5.41, 5.74) is 2.37. The van der Waals surface area contributed by atoms with Crippen molar-refractivity contribution in [3.05, 3.63) is 42.0 Å². The number of pyridine rings is 1. The Morgan fingerprint density at radius 3 is 2.84 bits per heavy atom. The van der Waals surface area contributed by atoms with Gasteiger partial charge in [-0.15, -0.1) is 0 Å². The molecule has 0 aliphatic heterocycles. The van der Waals surface area contributed by atoms with Gasteiger partial charge in [-0.2, -0.15) is 0 Å². The minimum Gasteiger partial charge on any atom is -0.390 e. The second-order valence-electron chi connectivity index (χ2n) is 8.66. The van der Waals surface area contributed by atoms with E-state index in [2.05, 4.69) is 25.0 Å². The summed E-state index contributed by atoms with van der Waals surface area (Å²) in [7, 11) is 0. The molecule has 0 unspecified atom stereocenters. The highest BCUT2D eigenvalue weighted by molar-refractivity contribution is 5.82. The molecule has 32 heavy (non-hydrogen) atoms. The molecule has 4 heterocycles. The van der Waals surface area contributed by atoms with Gasteiger partial charge < -0.3 is 9.67 Å². The van der Waals surface area contributed by atoms with Crippen LogP contribution in [-0.4, -0.2) is 52.3 Å². The summed E-state index contributed by atoms with van der Waals surface area (Å²) in [6.07, 6.45) is 2.18. The first kappa shape index (κ1) is 19.5. The Morgan fingerprint density at radius 2 is 2.09 bits per heavy atom. The summed E-state index contributed by atoms with van der Waals surface area (Å²) in [5.74, 6) is 0.475. The van der Waals surface area contributed by atoms with Crippen molar-refractivity contribution in [3.8, 4) is 11.3 Å². The van der Waals surface area contributed by atoms with E-state index in [-0.39, 0.29) is 12.2 Å². The van der Waals surface area contributed by atoms with Crippen LogP contribution in [0.3, 0.4) is 0 Å². The summed E-state index contributed by atoms with van der Waals surface area (Å²) in [4.78, 5) is 17.9. The van der Waals surface area contributed by atoms with Crippen LogP contribution in [0.1, 0.15) is 39.8 Å². The molecule has 168 valence electrons. The Bertz CT molecular complexity index is 1400. The van der Waals surface area contributed by atoms with Gasteiger partial charge in [0.15, 0.2) is 5.65 Å². The molecule has 5 rings (SSSR count). The third-order valence-corrected chi connectivity index (χ3v) is 6.09. The van der Waals surface area contributed by atoms with Crippen LogP contribution >= 0.6 is 0 Å². The first-order valence-electron chi connectivity index (χ1n) is 11.2. The molecule has 0 atom stereocenters. The second kappa shape index (κ2) is 7.77. The molecule has 0 bridgehead atoms. The van der Waals surface area contributed by atoms with Gasteiger partial charge in [-0.1, -0.05) is 0 Å². The van der Waals surface area contributed by atoms with Gasteiger partial charge in [0.2, 0.25) is 5.62 Å². The Kier molecular flexibility index (Phi) is 4.74. The second-order valence-corrected chi connectivity index (χ2v) is 8.66. The zero-order valence-corrected chi connectivity index (χ0v) is 17.9. The molecule has 10 heteroatoms. The molecule has 2 N–H and O–H groups in total. The van der Waals surface area contributed by atoms with E-state index in [0.717, 1.165) is 12.8 Å². The average molecular weight is 442 g/mol. The van der Waals surface area contributed by atoms with E-state index >= 15 is 0 Å². The average Bonchev–Trinajstić information content (AvgIpc) is 3.30. The molecular weight excluding hydrogens is 416 g/mol. The maximum atomic E-state index is 13.0. The molecule has 8 nitrogen and oxygen atoms in total. The summed E-state index contributed by atoms with van der Waals surface area (Å²) in [6, 6.07) is 5.37. The van der Waals surface area contributed by atoms with Crippen LogP contribution in [0, 0.1) is 6.92 Å². The number of aliphatic hydroxyl groups is 1. The van der Waals surface area contributed by atoms with E-state index in [1.807, 2.05) is 13.0 Å². The predicted molar refractivity (Wildman–Crippen MR) is 115 cm³/mol. The number of halogens is 2. The fraction of sp³-hybridized carbons (Fsp3) is 0.455. The number of fused-ring (bicyclic) bond motifs is 2. The maximum absolute atomic E-state index is 13.0. The SMILES string of the molecule is [2H]c1nc(=NC2CCC(C)(O)CC2)[nH]n2ccc(-c3ccc4nc(C)n(CC(F)F)c4n3)c12. The lowest BCUT2D eigenvalue weighted by Crippen LogP contribution is -2.33. The van der Waals surface area contributed by atoms with Gasteiger partial charge in [0, 0.05) is 11.8 Å². The van der Waals surface area contributed by atoms with Gasteiger partial charge in [-0.25, -0.2) is 28.7 Å². The molecule has 1 aliphatic rings. The number of rotatable bonds is 4. The van der Waals surface area contributed by atoms with Crippen LogP contribution < -0.4 is 5.62 Å². The Hall–Kier alpha value is -3.14. The van der Waals surface area contributed by atoms with E-state index in [1.54, 1.807) is 29.8 Å². The van der Waals surface area contributed by atoms with Crippen LogP contribution in [0.5, 0.6) is 0 Å². The highest BCUT2D eigenvalue weighted by Crippen LogP contribution is 2.29. The van der Waals surface area contributed by atoms with Gasteiger partial charge in [-0.3, -0.25) is 9.61 Å². The Labute approximate surface area is 184 Å². The number of alkyl halides is 2. The molecule has 0 saturated heterocycles. The molecule has 0 spiro atoms. The van der Waals surface area contributed by atoms with Crippen LogP contribution in [-0.2, 0) is 6.54 Å². The van der Waals surface area contributed by atoms with Crippen molar-refractivity contribution in [2.24, 2.45) is 4.99 Å². The Morgan fingerprint density at radius 1 is 1.31 bits per heavy atom. The number of aromatic nitrogens is 6. The molecule has 0 amide bonds. The molecule has 1 fully saturated rings. The molecule has 4 aromatic rings. The highest BCUT2D eigenvalue weighted by Gasteiger charge is 2.28. The molecule has 0 radical (unpaired) electrons. The zero-order valence-electron chi connectivity index (χ0n) is 18.9. The predicted octanol–water partition coefficient (Wildman–Crippen LogP) is 3.24. The quantitative estimate of drug-likeness (QED) is 0.507. The van der Waals surface area contributed by atoms with Crippen molar-refractivity contribution in [1.29, 1.82) is 0 Å². The van der Waals surface area contributed by atoms with Crippen LogP contribution in [0.15, 0.2) is 35.6 Å². The van der Waals surface area contributed by atoms with Crippen molar-refractivity contribution < 1.29 is 15.3 Å². The van der Waals surface area contributed by atoms with Gasteiger partial charge in [-0.05, 0) is 57.7 Å². The van der Waals surface area contributed by atoms with E-state index in [4.69, 9.17) is 1.37 Å². The van der Waals surface area contributed by atoms with Gasteiger partial charge >= 0.3 is 0 Å². The lowest BCUT2D eigenvalue weighted by molar-refractivity contribution is 0.0177. The largest absolute Gasteiger partial charge is 0.390 e. The maximum Gasteiger partial charge on any atom is 0.256 e. The molecule has 1 aliphatic carbocycles. The lowest BCUT2D eigenvalue weighted by atomic mass is 9.84. The molecule has 4 aromatic heterocycles. The monoisotopic (exact) mass is 442 g/mol. The highest BCUT2D eigenvalue weighted by atomic mass is 19.3.